The molecule has 2 aromatic carbocycles. The highest BCUT2D eigenvalue weighted by molar-refractivity contribution is 6.30. The minimum atomic E-state index is -0.865. The van der Waals surface area contributed by atoms with Crippen molar-refractivity contribution in [3.63, 3.8) is 0 Å². The smallest absolute Gasteiger partial charge is 0.243 e. The molecule has 2 heterocycles. The van der Waals surface area contributed by atoms with E-state index in [1.165, 1.54) is 11.8 Å². The number of anilines is 2. The SMILES string of the molecule is CC(=O)c1ccc(NC(=O)C[C@@H]2C(=O)NCCN2C(=O)CN2CCN(c3cccc(Cl)c3)CC2)cc1. The van der Waals surface area contributed by atoms with Crippen LogP contribution in [-0.2, 0) is 14.4 Å². The largest absolute Gasteiger partial charge is 0.369 e. The van der Waals surface area contributed by atoms with Gasteiger partial charge < -0.3 is 20.4 Å². The van der Waals surface area contributed by atoms with Gasteiger partial charge in [0, 0.05) is 61.2 Å². The number of hydrogen-bond acceptors (Lipinski definition) is 6. The molecule has 1 atom stereocenters. The second-order valence-electron chi connectivity index (χ2n) is 9.02. The first-order chi connectivity index (χ1) is 17.3. The van der Waals surface area contributed by atoms with Gasteiger partial charge >= 0.3 is 0 Å². The van der Waals surface area contributed by atoms with Crippen LogP contribution in [0.2, 0.25) is 5.02 Å². The standard InChI is InChI=1S/C26H30ClN5O4/c1-18(33)19-5-7-21(8-6-19)29-24(34)16-23-26(36)28-9-10-32(23)25(35)17-30-11-13-31(14-12-30)22-4-2-3-20(27)15-22/h2-8,15,23H,9-14,16-17H2,1H3,(H,28,36)(H,29,34)/t23-/m1/s1. The molecule has 36 heavy (non-hydrogen) atoms. The van der Waals surface area contributed by atoms with E-state index in [9.17, 15) is 19.2 Å². The zero-order chi connectivity index (χ0) is 25.7. The molecule has 0 radical (unpaired) electrons. The van der Waals surface area contributed by atoms with Crippen molar-refractivity contribution in [3.8, 4) is 0 Å². The summed E-state index contributed by atoms with van der Waals surface area (Å²) in [6.07, 6.45) is -0.144. The summed E-state index contributed by atoms with van der Waals surface area (Å²) >= 11 is 6.11. The summed E-state index contributed by atoms with van der Waals surface area (Å²) in [5.74, 6) is -0.931. The van der Waals surface area contributed by atoms with Gasteiger partial charge in [0.1, 0.15) is 6.04 Å². The van der Waals surface area contributed by atoms with Gasteiger partial charge in [-0.25, -0.2) is 0 Å². The van der Waals surface area contributed by atoms with Gasteiger partial charge in [0.25, 0.3) is 0 Å². The second kappa shape index (κ2) is 11.5. The lowest BCUT2D eigenvalue weighted by Crippen LogP contribution is -2.60. The summed E-state index contributed by atoms with van der Waals surface area (Å²) in [5.41, 5.74) is 2.13. The van der Waals surface area contributed by atoms with E-state index in [0.29, 0.717) is 42.5 Å². The summed E-state index contributed by atoms with van der Waals surface area (Å²) in [5, 5.41) is 6.20. The van der Waals surface area contributed by atoms with E-state index in [4.69, 9.17) is 11.6 Å². The molecule has 2 aromatic rings. The Morgan fingerprint density at radius 3 is 2.42 bits per heavy atom. The number of ketones is 1. The average Bonchev–Trinajstić information content (AvgIpc) is 2.86. The monoisotopic (exact) mass is 511 g/mol. The molecule has 0 unspecified atom stereocenters. The predicted molar refractivity (Wildman–Crippen MR) is 138 cm³/mol. The molecule has 0 aromatic heterocycles. The molecule has 0 saturated carbocycles. The van der Waals surface area contributed by atoms with Crippen LogP contribution in [0.3, 0.4) is 0 Å². The Morgan fingerprint density at radius 2 is 1.75 bits per heavy atom. The normalized spacial score (nSPS) is 18.5. The summed E-state index contributed by atoms with van der Waals surface area (Å²) < 4.78 is 0. The van der Waals surface area contributed by atoms with Crippen molar-refractivity contribution in [1.29, 1.82) is 0 Å². The molecule has 0 spiro atoms. The fourth-order valence-electron chi connectivity index (χ4n) is 4.51. The van der Waals surface area contributed by atoms with Gasteiger partial charge in [-0.3, -0.25) is 24.1 Å². The lowest BCUT2D eigenvalue weighted by atomic mass is 10.1. The molecular weight excluding hydrogens is 482 g/mol. The minimum absolute atomic E-state index is 0.0632. The molecule has 2 saturated heterocycles. The number of carbonyl (C=O) groups is 4. The molecule has 2 fully saturated rings. The Hall–Kier alpha value is -3.43. The van der Waals surface area contributed by atoms with Gasteiger partial charge in [-0.05, 0) is 49.4 Å². The number of halogens is 1. The Morgan fingerprint density at radius 1 is 1.03 bits per heavy atom. The quantitative estimate of drug-likeness (QED) is 0.551. The van der Waals surface area contributed by atoms with Crippen LogP contribution >= 0.6 is 11.6 Å². The Labute approximate surface area is 215 Å². The lowest BCUT2D eigenvalue weighted by molar-refractivity contribution is -0.145. The van der Waals surface area contributed by atoms with Gasteiger partial charge in [-0.1, -0.05) is 17.7 Å². The number of carbonyl (C=O) groups excluding carboxylic acids is 4. The van der Waals surface area contributed by atoms with Crippen LogP contribution < -0.4 is 15.5 Å². The van der Waals surface area contributed by atoms with Crippen LogP contribution in [-0.4, -0.2) is 85.2 Å². The molecule has 190 valence electrons. The number of piperazine rings is 2. The summed E-state index contributed by atoms with van der Waals surface area (Å²) in [7, 11) is 0. The molecule has 9 nitrogen and oxygen atoms in total. The van der Waals surface area contributed by atoms with Crippen molar-refractivity contribution in [1.82, 2.24) is 15.1 Å². The van der Waals surface area contributed by atoms with E-state index in [1.54, 1.807) is 24.3 Å². The fraction of sp³-hybridized carbons (Fsp3) is 0.385. The van der Waals surface area contributed by atoms with Crippen molar-refractivity contribution < 1.29 is 19.2 Å². The second-order valence-corrected chi connectivity index (χ2v) is 9.46. The molecule has 3 amide bonds. The highest BCUT2D eigenvalue weighted by atomic mass is 35.5. The molecule has 0 aliphatic carbocycles. The van der Waals surface area contributed by atoms with Crippen molar-refractivity contribution in [2.75, 3.05) is 56.0 Å². The first-order valence-electron chi connectivity index (χ1n) is 12.0. The lowest BCUT2D eigenvalue weighted by Gasteiger charge is -2.39. The minimum Gasteiger partial charge on any atom is -0.369 e. The van der Waals surface area contributed by atoms with E-state index in [0.717, 1.165) is 18.8 Å². The van der Waals surface area contributed by atoms with Crippen LogP contribution in [0, 0.1) is 0 Å². The maximum Gasteiger partial charge on any atom is 0.243 e. The Kier molecular flexibility index (Phi) is 8.22. The van der Waals surface area contributed by atoms with E-state index in [2.05, 4.69) is 20.4 Å². The van der Waals surface area contributed by atoms with Crippen molar-refractivity contribution in [2.24, 2.45) is 0 Å². The third kappa shape index (κ3) is 6.41. The van der Waals surface area contributed by atoms with Crippen LogP contribution in [0.15, 0.2) is 48.5 Å². The van der Waals surface area contributed by atoms with E-state index in [-0.39, 0.29) is 36.5 Å². The van der Waals surface area contributed by atoms with Crippen LogP contribution in [0.1, 0.15) is 23.7 Å². The van der Waals surface area contributed by atoms with E-state index in [1.807, 2.05) is 24.3 Å². The zero-order valence-corrected chi connectivity index (χ0v) is 21.0. The zero-order valence-electron chi connectivity index (χ0n) is 20.2. The Bertz CT molecular complexity index is 1130. The predicted octanol–water partition coefficient (Wildman–Crippen LogP) is 2.02. The highest BCUT2D eigenvalue weighted by Gasteiger charge is 2.35. The number of benzene rings is 2. The van der Waals surface area contributed by atoms with Gasteiger partial charge in [0.05, 0.1) is 13.0 Å². The van der Waals surface area contributed by atoms with Gasteiger partial charge in [0.15, 0.2) is 5.78 Å². The van der Waals surface area contributed by atoms with Gasteiger partial charge in [-0.15, -0.1) is 0 Å². The molecule has 4 rings (SSSR count). The maximum absolute atomic E-state index is 13.2. The van der Waals surface area contributed by atoms with Crippen LogP contribution in [0.4, 0.5) is 11.4 Å². The first-order valence-corrected chi connectivity index (χ1v) is 12.4. The highest BCUT2D eigenvalue weighted by Crippen LogP contribution is 2.21. The third-order valence-corrected chi connectivity index (χ3v) is 6.74. The van der Waals surface area contributed by atoms with Crippen molar-refractivity contribution >= 4 is 46.5 Å². The molecule has 0 bridgehead atoms. The molecule has 2 aliphatic rings. The molecular formula is C26H30ClN5O4. The molecule has 10 heteroatoms. The van der Waals surface area contributed by atoms with Crippen molar-refractivity contribution in [3.05, 3.63) is 59.1 Å². The van der Waals surface area contributed by atoms with Crippen LogP contribution in [0.25, 0.3) is 0 Å². The molecule has 2 aliphatic heterocycles. The topological polar surface area (TPSA) is 102 Å². The fourth-order valence-corrected chi connectivity index (χ4v) is 4.70. The number of nitrogens with one attached hydrogen (secondary N) is 2. The van der Waals surface area contributed by atoms with Crippen molar-refractivity contribution in [2.45, 2.75) is 19.4 Å². The van der Waals surface area contributed by atoms with E-state index < -0.39 is 6.04 Å². The Balaban J connectivity index is 1.32. The summed E-state index contributed by atoms with van der Waals surface area (Å²) in [6.45, 7) is 5.33. The third-order valence-electron chi connectivity index (χ3n) is 6.51. The maximum atomic E-state index is 13.2. The first kappa shape index (κ1) is 25.7. The summed E-state index contributed by atoms with van der Waals surface area (Å²) in [6, 6.07) is 13.4. The van der Waals surface area contributed by atoms with Crippen LogP contribution in [0.5, 0.6) is 0 Å². The van der Waals surface area contributed by atoms with Gasteiger partial charge in [-0.2, -0.15) is 0 Å². The number of Topliss-reactive ketones (excluding diaryl/α,β-unsaturated/α-hetero) is 1. The van der Waals surface area contributed by atoms with Gasteiger partial charge in [0.2, 0.25) is 17.7 Å². The summed E-state index contributed by atoms with van der Waals surface area (Å²) in [4.78, 5) is 55.7. The number of amides is 3. The number of nitrogens with zero attached hydrogens (tertiary/aromatic N) is 3. The number of rotatable bonds is 7. The molecule has 2 N–H and O–H groups in total. The van der Waals surface area contributed by atoms with E-state index >= 15 is 0 Å². The average molecular weight is 512 g/mol. The number of hydrogen-bond donors (Lipinski definition) is 2.